The monoisotopic (exact) mass is 320 g/mol. The highest BCUT2D eigenvalue weighted by molar-refractivity contribution is 8.01. The minimum absolute atomic E-state index is 0.742. The zero-order valence-corrected chi connectivity index (χ0v) is 14.6. The average molecular weight is 321 g/mol. The number of benzene rings is 1. The molecule has 0 spiro atoms. The Kier molecular flexibility index (Phi) is 7.91. The summed E-state index contributed by atoms with van der Waals surface area (Å²) in [5.74, 6) is 0. The first kappa shape index (κ1) is 18.5. The molecule has 1 aromatic carbocycles. The van der Waals surface area contributed by atoms with E-state index < -0.39 is 0 Å². The molecule has 6 N–H and O–H groups in total. The molecule has 4 nitrogen and oxygen atoms in total. The smallest absolute Gasteiger partial charge is 0.0447 e. The Hall–Kier alpha value is -1.59. The molecule has 5 heteroatoms. The molecule has 0 saturated heterocycles. The maximum Gasteiger partial charge on any atom is 0.0447 e. The summed E-state index contributed by atoms with van der Waals surface area (Å²) in [7, 11) is 0. The molecule has 0 aliphatic rings. The molecule has 0 bridgehead atoms. The van der Waals surface area contributed by atoms with Crippen LogP contribution in [0, 0.1) is 6.92 Å². The molecule has 0 amide bonds. The van der Waals surface area contributed by atoms with Gasteiger partial charge in [0.1, 0.15) is 0 Å². The van der Waals surface area contributed by atoms with E-state index in [0.717, 1.165) is 53.5 Å². The van der Waals surface area contributed by atoms with E-state index in [2.05, 4.69) is 35.7 Å². The van der Waals surface area contributed by atoms with Gasteiger partial charge in [0.2, 0.25) is 0 Å². The minimum Gasteiger partial charge on any atom is -0.402 e. The average Bonchev–Trinajstić information content (AvgIpc) is 2.50. The van der Waals surface area contributed by atoms with Crippen LogP contribution in [0.5, 0.6) is 0 Å². The molecule has 122 valence electrons. The second kappa shape index (κ2) is 9.43. The maximum atomic E-state index is 5.76. The van der Waals surface area contributed by atoms with Crippen molar-refractivity contribution in [2.45, 2.75) is 33.6 Å². The SMILES string of the molecule is C=C(NS/C(C)=C(/C)N)c1cccc(NCCCCN)c1C. The van der Waals surface area contributed by atoms with Crippen LogP contribution in [-0.2, 0) is 0 Å². The number of hydrogen-bond donors (Lipinski definition) is 4. The predicted molar refractivity (Wildman–Crippen MR) is 100 cm³/mol. The molecule has 0 saturated carbocycles. The summed E-state index contributed by atoms with van der Waals surface area (Å²) >= 11 is 1.50. The van der Waals surface area contributed by atoms with Crippen molar-refractivity contribution in [1.29, 1.82) is 0 Å². The normalized spacial score (nSPS) is 11.8. The first-order valence-corrected chi connectivity index (χ1v) is 8.37. The van der Waals surface area contributed by atoms with Gasteiger partial charge in [0.05, 0.1) is 0 Å². The highest BCUT2D eigenvalue weighted by Gasteiger charge is 2.07. The van der Waals surface area contributed by atoms with E-state index in [1.165, 1.54) is 17.5 Å². The summed E-state index contributed by atoms with van der Waals surface area (Å²) in [5.41, 5.74) is 16.4. The largest absolute Gasteiger partial charge is 0.402 e. The third-order valence-electron chi connectivity index (χ3n) is 3.49. The molecule has 0 unspecified atom stereocenters. The van der Waals surface area contributed by atoms with Crippen molar-refractivity contribution in [3.63, 3.8) is 0 Å². The Morgan fingerprint density at radius 1 is 1.27 bits per heavy atom. The lowest BCUT2D eigenvalue weighted by atomic mass is 10.0. The van der Waals surface area contributed by atoms with Crippen LogP contribution >= 0.6 is 11.9 Å². The van der Waals surface area contributed by atoms with Crippen LogP contribution in [0.4, 0.5) is 5.69 Å². The molecule has 22 heavy (non-hydrogen) atoms. The van der Waals surface area contributed by atoms with E-state index in [4.69, 9.17) is 11.5 Å². The molecule has 0 fully saturated rings. The Bertz CT molecular complexity index is 533. The lowest BCUT2D eigenvalue weighted by molar-refractivity contribution is 0.774. The summed E-state index contributed by atoms with van der Waals surface area (Å²) < 4.78 is 3.26. The molecule has 0 aromatic heterocycles. The number of nitrogens with two attached hydrogens (primary N) is 2. The van der Waals surface area contributed by atoms with Crippen molar-refractivity contribution < 1.29 is 0 Å². The number of allylic oxidation sites excluding steroid dienone is 2. The van der Waals surface area contributed by atoms with Crippen LogP contribution in [0.25, 0.3) is 5.70 Å². The second-order valence-corrected chi connectivity index (χ2v) is 6.34. The molecule has 0 radical (unpaired) electrons. The Morgan fingerprint density at radius 3 is 2.64 bits per heavy atom. The summed E-state index contributed by atoms with van der Waals surface area (Å²) in [4.78, 5) is 1.05. The summed E-state index contributed by atoms with van der Waals surface area (Å²) in [6, 6.07) is 6.21. The lowest BCUT2D eigenvalue weighted by Gasteiger charge is -2.16. The van der Waals surface area contributed by atoms with E-state index in [9.17, 15) is 0 Å². The van der Waals surface area contributed by atoms with Crippen LogP contribution in [0.15, 0.2) is 35.4 Å². The third-order valence-corrected chi connectivity index (χ3v) is 4.46. The first-order valence-electron chi connectivity index (χ1n) is 7.56. The van der Waals surface area contributed by atoms with E-state index in [-0.39, 0.29) is 0 Å². The first-order chi connectivity index (χ1) is 10.5. The van der Waals surface area contributed by atoms with Crippen LogP contribution in [0.1, 0.15) is 37.8 Å². The zero-order chi connectivity index (χ0) is 16.5. The number of nitrogens with one attached hydrogen (secondary N) is 2. The zero-order valence-electron chi connectivity index (χ0n) is 13.8. The molecule has 0 aliphatic heterocycles. The van der Waals surface area contributed by atoms with Gasteiger partial charge in [-0.3, -0.25) is 0 Å². The molecule has 0 heterocycles. The van der Waals surface area contributed by atoms with Gasteiger partial charge in [0.15, 0.2) is 0 Å². The van der Waals surface area contributed by atoms with Crippen molar-refractivity contribution in [1.82, 2.24) is 4.72 Å². The van der Waals surface area contributed by atoms with Crippen molar-refractivity contribution in [3.05, 3.63) is 46.5 Å². The molecule has 0 atom stereocenters. The van der Waals surface area contributed by atoms with E-state index in [1.54, 1.807) is 0 Å². The highest BCUT2D eigenvalue weighted by atomic mass is 32.2. The van der Waals surface area contributed by atoms with Crippen LogP contribution < -0.4 is 21.5 Å². The van der Waals surface area contributed by atoms with Crippen molar-refractivity contribution in [2.24, 2.45) is 11.5 Å². The molecule has 1 rings (SSSR count). The number of rotatable bonds is 9. The van der Waals surface area contributed by atoms with Crippen molar-refractivity contribution in [3.8, 4) is 0 Å². The van der Waals surface area contributed by atoms with Gasteiger partial charge in [0, 0.05) is 34.1 Å². The van der Waals surface area contributed by atoms with Crippen LogP contribution in [0.3, 0.4) is 0 Å². The van der Waals surface area contributed by atoms with E-state index in [1.807, 2.05) is 19.9 Å². The maximum absolute atomic E-state index is 5.76. The van der Waals surface area contributed by atoms with Crippen molar-refractivity contribution in [2.75, 3.05) is 18.4 Å². The fourth-order valence-electron chi connectivity index (χ4n) is 1.92. The number of unbranched alkanes of at least 4 members (excludes halogenated alkanes) is 1. The predicted octanol–water partition coefficient (Wildman–Crippen LogP) is 3.56. The van der Waals surface area contributed by atoms with Crippen molar-refractivity contribution >= 4 is 23.3 Å². The summed E-state index contributed by atoms with van der Waals surface area (Å²) in [6.45, 7) is 11.8. The molecular weight excluding hydrogens is 292 g/mol. The second-order valence-electron chi connectivity index (χ2n) is 5.32. The Morgan fingerprint density at radius 2 is 2.00 bits per heavy atom. The lowest BCUT2D eigenvalue weighted by Crippen LogP contribution is -2.09. The van der Waals surface area contributed by atoms with Gasteiger partial charge >= 0.3 is 0 Å². The third kappa shape index (κ3) is 5.66. The number of hydrogen-bond acceptors (Lipinski definition) is 5. The fraction of sp³-hybridized carbons (Fsp3) is 0.412. The Balaban J connectivity index is 2.70. The quantitative estimate of drug-likeness (QED) is 0.413. The Labute approximate surface area is 138 Å². The molecular formula is C17H28N4S. The van der Waals surface area contributed by atoms with Crippen LogP contribution in [0.2, 0.25) is 0 Å². The van der Waals surface area contributed by atoms with Gasteiger partial charge < -0.3 is 21.5 Å². The van der Waals surface area contributed by atoms with Gasteiger partial charge in [-0.1, -0.05) is 18.7 Å². The number of anilines is 1. The minimum atomic E-state index is 0.742. The van der Waals surface area contributed by atoms with E-state index >= 15 is 0 Å². The highest BCUT2D eigenvalue weighted by Crippen LogP contribution is 2.25. The molecule has 1 aromatic rings. The van der Waals surface area contributed by atoms with E-state index in [0.29, 0.717) is 0 Å². The van der Waals surface area contributed by atoms with Gasteiger partial charge in [-0.15, -0.1) is 0 Å². The fourth-order valence-corrected chi connectivity index (χ4v) is 2.47. The standard InChI is InChI=1S/C17H28N4S/c1-12-16(14(3)21-22-15(4)13(2)19)8-7-9-17(12)20-11-6-5-10-18/h7-9,20-21H,3,5-6,10-11,18-19H2,1-2,4H3/b15-13-. The van der Waals surface area contributed by atoms with Gasteiger partial charge in [-0.05, 0) is 63.7 Å². The van der Waals surface area contributed by atoms with Gasteiger partial charge in [0.25, 0.3) is 0 Å². The van der Waals surface area contributed by atoms with Gasteiger partial charge in [-0.25, -0.2) is 0 Å². The topological polar surface area (TPSA) is 76.1 Å². The summed E-state index contributed by atoms with van der Waals surface area (Å²) in [6.07, 6.45) is 2.12. The van der Waals surface area contributed by atoms with Crippen LogP contribution in [-0.4, -0.2) is 13.1 Å². The summed E-state index contributed by atoms with van der Waals surface area (Å²) in [5, 5.41) is 3.47. The van der Waals surface area contributed by atoms with Gasteiger partial charge in [-0.2, -0.15) is 0 Å². The molecule has 0 aliphatic carbocycles.